The number of hydrogen-bond donors (Lipinski definition) is 1. The Morgan fingerprint density at radius 1 is 1.31 bits per heavy atom. The van der Waals surface area contributed by atoms with Gasteiger partial charge in [0.1, 0.15) is 0 Å². The van der Waals surface area contributed by atoms with Crippen LogP contribution < -0.4 is 5.32 Å². The molecule has 0 aromatic heterocycles. The SMILES string of the molecule is O=C(Nc1ccc(Cl)c(C(F)(F)F)c1)C1=CC=CN2CCS(=O)(=O)N=C12. The largest absolute Gasteiger partial charge is 0.417 e. The number of benzene rings is 1. The average Bonchev–Trinajstić information content (AvgIpc) is 2.54. The van der Waals surface area contributed by atoms with E-state index in [0.717, 1.165) is 6.07 Å². The molecule has 0 saturated carbocycles. The number of amidine groups is 1. The highest BCUT2D eigenvalue weighted by Gasteiger charge is 2.34. The first-order chi connectivity index (χ1) is 12.1. The molecule has 3 rings (SSSR count). The molecule has 0 radical (unpaired) electrons. The van der Waals surface area contributed by atoms with E-state index in [1.54, 1.807) is 6.20 Å². The molecule has 1 N–H and O–H groups in total. The third-order valence-electron chi connectivity index (χ3n) is 3.63. The van der Waals surface area contributed by atoms with E-state index in [4.69, 9.17) is 11.6 Å². The van der Waals surface area contributed by atoms with Gasteiger partial charge in [0.25, 0.3) is 15.9 Å². The van der Waals surface area contributed by atoms with Gasteiger partial charge in [-0.05, 0) is 30.4 Å². The van der Waals surface area contributed by atoms with Crippen LogP contribution in [0.2, 0.25) is 5.02 Å². The average molecular weight is 406 g/mol. The van der Waals surface area contributed by atoms with Crippen LogP contribution in [0.1, 0.15) is 5.56 Å². The summed E-state index contributed by atoms with van der Waals surface area (Å²) in [4.78, 5) is 13.9. The maximum absolute atomic E-state index is 12.9. The smallest absolute Gasteiger partial charge is 0.331 e. The number of anilines is 1. The molecule has 0 spiro atoms. The lowest BCUT2D eigenvalue weighted by Gasteiger charge is -2.28. The van der Waals surface area contributed by atoms with Gasteiger partial charge in [0.15, 0.2) is 5.84 Å². The van der Waals surface area contributed by atoms with Gasteiger partial charge in [-0.15, -0.1) is 4.40 Å². The zero-order valence-electron chi connectivity index (χ0n) is 12.9. The van der Waals surface area contributed by atoms with Crippen LogP contribution >= 0.6 is 11.6 Å². The van der Waals surface area contributed by atoms with E-state index in [2.05, 4.69) is 9.71 Å². The minimum absolute atomic E-state index is 0.0683. The Morgan fingerprint density at radius 2 is 2.04 bits per heavy atom. The van der Waals surface area contributed by atoms with Gasteiger partial charge in [0.05, 0.1) is 21.9 Å². The quantitative estimate of drug-likeness (QED) is 0.820. The van der Waals surface area contributed by atoms with Gasteiger partial charge < -0.3 is 10.2 Å². The van der Waals surface area contributed by atoms with E-state index >= 15 is 0 Å². The van der Waals surface area contributed by atoms with Crippen LogP contribution in [0.5, 0.6) is 0 Å². The molecule has 1 aromatic rings. The third-order valence-corrected chi connectivity index (χ3v) is 5.11. The highest BCUT2D eigenvalue weighted by molar-refractivity contribution is 7.90. The molecule has 6 nitrogen and oxygen atoms in total. The van der Waals surface area contributed by atoms with Crippen molar-refractivity contribution in [3.63, 3.8) is 0 Å². The highest BCUT2D eigenvalue weighted by Crippen LogP contribution is 2.36. The van der Waals surface area contributed by atoms with E-state index in [0.29, 0.717) is 6.07 Å². The van der Waals surface area contributed by atoms with E-state index in [-0.39, 0.29) is 29.4 Å². The summed E-state index contributed by atoms with van der Waals surface area (Å²) in [5.74, 6) is -1.05. The standard InChI is InChI=1S/C15H11ClF3N3O3S/c16-12-4-3-9(8-11(12)15(17,18)19)20-14(23)10-2-1-5-22-6-7-26(24,25)21-13(10)22/h1-5,8H,6-7H2,(H,20,23). The number of nitrogens with zero attached hydrogens (tertiary/aromatic N) is 2. The fourth-order valence-electron chi connectivity index (χ4n) is 2.41. The van der Waals surface area contributed by atoms with Crippen molar-refractivity contribution in [3.05, 3.63) is 52.7 Å². The minimum atomic E-state index is -4.68. The van der Waals surface area contributed by atoms with Crippen molar-refractivity contribution in [1.82, 2.24) is 4.90 Å². The molecule has 2 aliphatic rings. The molecule has 1 amide bonds. The Morgan fingerprint density at radius 3 is 2.73 bits per heavy atom. The fraction of sp³-hybridized carbons (Fsp3) is 0.200. The third kappa shape index (κ3) is 3.75. The zero-order valence-corrected chi connectivity index (χ0v) is 14.5. The van der Waals surface area contributed by atoms with E-state index < -0.39 is 32.7 Å². The summed E-state index contributed by atoms with van der Waals surface area (Å²) >= 11 is 5.54. The predicted molar refractivity (Wildman–Crippen MR) is 90.2 cm³/mol. The van der Waals surface area contributed by atoms with Crippen molar-refractivity contribution in [2.24, 2.45) is 4.40 Å². The second-order valence-corrected chi connectivity index (χ2v) is 7.62. The summed E-state index contributed by atoms with van der Waals surface area (Å²) in [6.07, 6.45) is -0.252. The van der Waals surface area contributed by atoms with Gasteiger partial charge in [-0.2, -0.15) is 13.2 Å². The van der Waals surface area contributed by atoms with Gasteiger partial charge >= 0.3 is 6.18 Å². The highest BCUT2D eigenvalue weighted by atomic mass is 35.5. The van der Waals surface area contributed by atoms with Gasteiger partial charge in [-0.3, -0.25) is 4.79 Å². The second kappa shape index (κ2) is 6.44. The summed E-state index contributed by atoms with van der Waals surface area (Å²) in [5.41, 5.74) is -1.29. The molecule has 2 heterocycles. The number of rotatable bonds is 2. The maximum Gasteiger partial charge on any atom is 0.417 e. The van der Waals surface area contributed by atoms with Crippen molar-refractivity contribution in [2.45, 2.75) is 6.18 Å². The Labute approximate surface area is 151 Å². The van der Waals surface area contributed by atoms with Gasteiger partial charge in [0.2, 0.25) is 0 Å². The molecule has 2 aliphatic heterocycles. The van der Waals surface area contributed by atoms with Crippen LogP contribution in [0.3, 0.4) is 0 Å². The zero-order chi connectivity index (χ0) is 19.1. The number of fused-ring (bicyclic) bond motifs is 1. The predicted octanol–water partition coefficient (Wildman–Crippen LogP) is 2.79. The number of halogens is 4. The minimum Gasteiger partial charge on any atom is -0.331 e. The number of carbonyl (C=O) groups is 1. The summed E-state index contributed by atoms with van der Waals surface area (Å²) in [6.45, 7) is 0.126. The summed E-state index contributed by atoms with van der Waals surface area (Å²) in [5, 5.41) is 1.81. The fourth-order valence-corrected chi connectivity index (χ4v) is 3.62. The lowest BCUT2D eigenvalue weighted by molar-refractivity contribution is -0.137. The number of sulfonamides is 1. The number of nitrogens with one attached hydrogen (secondary N) is 1. The van der Waals surface area contributed by atoms with Crippen molar-refractivity contribution >= 4 is 39.1 Å². The number of alkyl halides is 3. The first kappa shape index (κ1) is 18.5. The molecule has 0 bridgehead atoms. The summed E-state index contributed by atoms with van der Waals surface area (Å²) in [6, 6.07) is 2.94. The molecule has 11 heteroatoms. The summed E-state index contributed by atoms with van der Waals surface area (Å²) in [7, 11) is -3.70. The van der Waals surface area contributed by atoms with Crippen LogP contribution in [-0.4, -0.2) is 37.4 Å². The van der Waals surface area contributed by atoms with Crippen molar-refractivity contribution in [3.8, 4) is 0 Å². The molecule has 0 unspecified atom stereocenters. The number of allylic oxidation sites excluding steroid dienone is 2. The Kier molecular flexibility index (Phi) is 4.57. The topological polar surface area (TPSA) is 78.8 Å². The van der Waals surface area contributed by atoms with Crippen LogP contribution in [0.15, 0.2) is 46.5 Å². The molecule has 1 aromatic carbocycles. The van der Waals surface area contributed by atoms with Gasteiger partial charge in [-0.25, -0.2) is 8.42 Å². The van der Waals surface area contributed by atoms with Gasteiger partial charge in [-0.1, -0.05) is 11.6 Å². The van der Waals surface area contributed by atoms with Crippen LogP contribution in [-0.2, 0) is 21.0 Å². The lowest BCUT2D eigenvalue weighted by Crippen LogP contribution is -2.40. The molecule has 0 atom stereocenters. The van der Waals surface area contributed by atoms with Crippen molar-refractivity contribution in [1.29, 1.82) is 0 Å². The molecular weight excluding hydrogens is 395 g/mol. The van der Waals surface area contributed by atoms with E-state index in [1.807, 2.05) is 0 Å². The van der Waals surface area contributed by atoms with Crippen molar-refractivity contribution < 1.29 is 26.4 Å². The number of amides is 1. The first-order valence-electron chi connectivity index (χ1n) is 7.23. The van der Waals surface area contributed by atoms with Crippen LogP contribution in [0, 0.1) is 0 Å². The molecule has 0 fully saturated rings. The van der Waals surface area contributed by atoms with Crippen LogP contribution in [0.4, 0.5) is 18.9 Å². The van der Waals surface area contributed by atoms with Gasteiger partial charge in [0, 0.05) is 18.4 Å². The summed E-state index contributed by atoms with van der Waals surface area (Å²) < 4.78 is 65.7. The molecule has 0 saturated heterocycles. The van der Waals surface area contributed by atoms with E-state index in [9.17, 15) is 26.4 Å². The van der Waals surface area contributed by atoms with E-state index in [1.165, 1.54) is 23.1 Å². The number of hydrogen-bond acceptors (Lipinski definition) is 4. The Balaban J connectivity index is 1.90. The van der Waals surface area contributed by atoms with Crippen molar-refractivity contribution in [2.75, 3.05) is 17.6 Å². The molecule has 138 valence electrons. The Bertz CT molecular complexity index is 968. The molecular formula is C15H11ClF3N3O3S. The second-order valence-electron chi connectivity index (χ2n) is 5.46. The maximum atomic E-state index is 12.9. The first-order valence-corrected chi connectivity index (χ1v) is 9.22. The molecule has 0 aliphatic carbocycles. The Hall–Kier alpha value is -2.33. The number of carbonyl (C=O) groups excluding carboxylic acids is 1. The lowest BCUT2D eigenvalue weighted by atomic mass is 10.1. The monoisotopic (exact) mass is 405 g/mol. The molecule has 26 heavy (non-hydrogen) atoms. The normalized spacial score (nSPS) is 18.7. The van der Waals surface area contributed by atoms with Crippen LogP contribution in [0.25, 0.3) is 0 Å².